The Kier molecular flexibility index (Phi) is 4.68. The monoisotopic (exact) mass is 438 g/mol. The summed E-state index contributed by atoms with van der Waals surface area (Å²) in [6, 6.07) is 11.4. The maximum atomic E-state index is 13.5. The number of halogens is 2. The summed E-state index contributed by atoms with van der Waals surface area (Å²) < 4.78 is 3.24. The molecule has 2 aromatic heterocycles. The van der Waals surface area contributed by atoms with Crippen molar-refractivity contribution in [1.29, 1.82) is 0 Å². The summed E-state index contributed by atoms with van der Waals surface area (Å²) >= 11 is 12.4. The molecule has 0 saturated heterocycles. The molecule has 0 N–H and O–H groups in total. The molecule has 0 atom stereocenters. The molecule has 7 heteroatoms. The number of rotatable bonds is 4. The Hall–Kier alpha value is -2.63. The van der Waals surface area contributed by atoms with Crippen LogP contribution < -0.4 is 5.56 Å². The topological polar surface area (TPSA) is 52.7 Å². The van der Waals surface area contributed by atoms with E-state index in [4.69, 9.17) is 28.3 Å². The zero-order valence-electron chi connectivity index (χ0n) is 16.7. The first kappa shape index (κ1) is 19.3. The molecular formula is C23H20Cl2N4O. The van der Waals surface area contributed by atoms with E-state index in [9.17, 15) is 4.79 Å². The highest BCUT2D eigenvalue weighted by Gasteiger charge is 2.30. The van der Waals surface area contributed by atoms with Gasteiger partial charge in [0.25, 0.3) is 5.56 Å². The smallest absolute Gasteiger partial charge is 0.265 e. The minimum absolute atomic E-state index is 0.184. The zero-order valence-corrected chi connectivity index (χ0v) is 18.2. The highest BCUT2D eigenvalue weighted by molar-refractivity contribution is 6.35. The molecule has 5 nitrogen and oxygen atoms in total. The molecule has 1 fully saturated rings. The van der Waals surface area contributed by atoms with E-state index in [2.05, 4.69) is 25.0 Å². The Morgan fingerprint density at radius 2 is 1.87 bits per heavy atom. The van der Waals surface area contributed by atoms with Crippen molar-refractivity contribution in [1.82, 2.24) is 19.6 Å². The maximum Gasteiger partial charge on any atom is 0.293 e. The van der Waals surface area contributed by atoms with E-state index in [-0.39, 0.29) is 12.1 Å². The first-order valence-corrected chi connectivity index (χ1v) is 10.7. The Balaban J connectivity index is 1.71. The molecule has 152 valence electrons. The van der Waals surface area contributed by atoms with Gasteiger partial charge in [-0.05, 0) is 67.6 Å². The van der Waals surface area contributed by atoms with Crippen LogP contribution in [0.3, 0.4) is 0 Å². The number of hydrogen-bond donors (Lipinski definition) is 0. The number of hydrogen-bond acceptors (Lipinski definition) is 3. The van der Waals surface area contributed by atoms with Crippen LogP contribution in [0, 0.1) is 13.8 Å². The average molecular weight is 439 g/mol. The van der Waals surface area contributed by atoms with Gasteiger partial charge in [0.1, 0.15) is 5.52 Å². The summed E-state index contributed by atoms with van der Waals surface area (Å²) in [5, 5.41) is 11.2. The summed E-state index contributed by atoms with van der Waals surface area (Å²) in [4.78, 5) is 13.5. The lowest BCUT2D eigenvalue weighted by atomic mass is 10.1. The van der Waals surface area contributed by atoms with Crippen molar-refractivity contribution in [3.8, 4) is 5.69 Å². The van der Waals surface area contributed by atoms with E-state index in [1.807, 2.05) is 18.2 Å². The van der Waals surface area contributed by atoms with Crippen molar-refractivity contribution >= 4 is 34.1 Å². The molecule has 0 radical (unpaired) electrons. The van der Waals surface area contributed by atoms with E-state index in [1.165, 1.54) is 10.2 Å². The Morgan fingerprint density at radius 1 is 1.07 bits per heavy atom. The number of nitrogens with zero attached hydrogens (tertiary/aromatic N) is 4. The lowest BCUT2D eigenvalue weighted by molar-refractivity contribution is 0.626. The van der Waals surface area contributed by atoms with Crippen molar-refractivity contribution in [3.63, 3.8) is 0 Å². The summed E-state index contributed by atoms with van der Waals surface area (Å²) in [5.41, 5.74) is 5.33. The fourth-order valence-electron chi connectivity index (χ4n) is 3.72. The summed E-state index contributed by atoms with van der Waals surface area (Å²) in [6.45, 7) is 4.41. The third kappa shape index (κ3) is 3.32. The van der Waals surface area contributed by atoms with Crippen LogP contribution in [-0.2, 0) is 6.54 Å². The van der Waals surface area contributed by atoms with Crippen LogP contribution in [0.2, 0.25) is 10.0 Å². The molecule has 0 bridgehead atoms. The van der Waals surface area contributed by atoms with Gasteiger partial charge in [0, 0.05) is 21.3 Å². The van der Waals surface area contributed by atoms with Crippen LogP contribution >= 0.6 is 23.2 Å². The van der Waals surface area contributed by atoms with Crippen LogP contribution in [0.1, 0.15) is 41.1 Å². The molecule has 0 spiro atoms. The molecule has 1 aliphatic carbocycles. The van der Waals surface area contributed by atoms with Gasteiger partial charge in [-0.15, -0.1) is 0 Å². The average Bonchev–Trinajstić information content (AvgIpc) is 3.46. The Labute approximate surface area is 183 Å². The van der Waals surface area contributed by atoms with Crippen molar-refractivity contribution in [3.05, 3.63) is 85.4 Å². The second kappa shape index (κ2) is 7.25. The first-order chi connectivity index (χ1) is 14.4. The third-order valence-corrected chi connectivity index (χ3v) is 6.33. The summed E-state index contributed by atoms with van der Waals surface area (Å²) in [7, 11) is 0. The Bertz CT molecular complexity index is 1350. The van der Waals surface area contributed by atoms with E-state index < -0.39 is 0 Å². The minimum atomic E-state index is -0.184. The van der Waals surface area contributed by atoms with Gasteiger partial charge in [-0.1, -0.05) is 35.3 Å². The summed E-state index contributed by atoms with van der Waals surface area (Å²) in [5.74, 6) is 0.373. The van der Waals surface area contributed by atoms with Crippen LogP contribution in [0.15, 0.2) is 47.4 Å². The second-order valence-electron chi connectivity index (χ2n) is 7.95. The van der Waals surface area contributed by atoms with Gasteiger partial charge in [0.05, 0.1) is 24.1 Å². The van der Waals surface area contributed by atoms with Crippen LogP contribution in [-0.4, -0.2) is 19.6 Å². The highest BCUT2D eigenvalue weighted by Crippen LogP contribution is 2.41. The quantitative estimate of drug-likeness (QED) is 0.426. The normalized spacial score (nSPS) is 13.9. The molecule has 30 heavy (non-hydrogen) atoms. The molecule has 1 saturated carbocycles. The molecule has 0 aliphatic heterocycles. The largest absolute Gasteiger partial charge is 0.293 e. The van der Waals surface area contributed by atoms with Crippen molar-refractivity contribution < 1.29 is 0 Å². The molecule has 2 aromatic carbocycles. The molecule has 0 unspecified atom stereocenters. The van der Waals surface area contributed by atoms with Gasteiger partial charge >= 0.3 is 0 Å². The fourth-order valence-corrected chi connectivity index (χ4v) is 4.19. The lowest BCUT2D eigenvalue weighted by Gasteiger charge is -2.12. The predicted molar refractivity (Wildman–Crippen MR) is 120 cm³/mol. The van der Waals surface area contributed by atoms with Crippen LogP contribution in [0.4, 0.5) is 0 Å². The minimum Gasteiger partial charge on any atom is -0.265 e. The number of fused-ring (bicyclic) bond motifs is 1. The molecular weight excluding hydrogens is 419 g/mol. The highest BCUT2D eigenvalue weighted by atomic mass is 35.5. The van der Waals surface area contributed by atoms with Gasteiger partial charge in [-0.25, -0.2) is 9.36 Å². The number of benzene rings is 2. The standard InChI is InChI=1S/C23H20Cl2N4O/c1-13-3-8-18(9-14(13)2)29-22-19(11-26-29)21(15-4-5-15)27-28(23(22)30)12-16-6-7-17(24)10-20(16)25/h3,6-11,15H,4-5,12H2,1-2H3. The van der Waals surface area contributed by atoms with E-state index in [1.54, 1.807) is 23.0 Å². The third-order valence-electron chi connectivity index (χ3n) is 5.74. The van der Waals surface area contributed by atoms with Gasteiger partial charge in [0.2, 0.25) is 0 Å². The first-order valence-electron chi connectivity index (χ1n) is 9.92. The summed E-state index contributed by atoms with van der Waals surface area (Å²) in [6.07, 6.45) is 3.93. The lowest BCUT2D eigenvalue weighted by Crippen LogP contribution is -2.26. The van der Waals surface area contributed by atoms with Crippen LogP contribution in [0.25, 0.3) is 16.6 Å². The molecule has 4 aromatic rings. The Morgan fingerprint density at radius 3 is 2.57 bits per heavy atom. The fraction of sp³-hybridized carbons (Fsp3) is 0.261. The van der Waals surface area contributed by atoms with Gasteiger partial charge in [-0.2, -0.15) is 10.2 Å². The molecule has 5 rings (SSSR count). The molecule has 1 aliphatic rings. The van der Waals surface area contributed by atoms with Crippen LogP contribution in [0.5, 0.6) is 0 Å². The number of aromatic nitrogens is 4. The van der Waals surface area contributed by atoms with Crippen molar-refractivity contribution in [2.75, 3.05) is 0 Å². The van der Waals surface area contributed by atoms with Gasteiger partial charge in [0.15, 0.2) is 0 Å². The van der Waals surface area contributed by atoms with Crippen molar-refractivity contribution in [2.24, 2.45) is 0 Å². The molecule has 2 heterocycles. The van der Waals surface area contributed by atoms with E-state index >= 15 is 0 Å². The predicted octanol–water partition coefficient (Wildman–Crippen LogP) is 5.43. The molecule has 0 amide bonds. The zero-order chi connectivity index (χ0) is 21.0. The SMILES string of the molecule is Cc1ccc(-n2ncc3c(C4CC4)nn(Cc4ccc(Cl)cc4Cl)c(=O)c32)cc1C. The van der Waals surface area contributed by atoms with Gasteiger partial charge in [-0.3, -0.25) is 4.79 Å². The van der Waals surface area contributed by atoms with E-state index in [0.29, 0.717) is 21.5 Å². The maximum absolute atomic E-state index is 13.5. The van der Waals surface area contributed by atoms with Crippen molar-refractivity contribution in [2.45, 2.75) is 39.2 Å². The number of aryl methyl sites for hydroxylation is 2. The second-order valence-corrected chi connectivity index (χ2v) is 8.79. The van der Waals surface area contributed by atoms with Gasteiger partial charge < -0.3 is 0 Å². The van der Waals surface area contributed by atoms with E-state index in [0.717, 1.165) is 40.7 Å².